The molecule has 0 spiro atoms. The van der Waals surface area contributed by atoms with Crippen LogP contribution in [0, 0.1) is 0 Å². The van der Waals surface area contributed by atoms with E-state index in [0.717, 1.165) is 6.42 Å². The van der Waals surface area contributed by atoms with Crippen molar-refractivity contribution < 1.29 is 24.2 Å². The summed E-state index contributed by atoms with van der Waals surface area (Å²) < 4.78 is 5.52. The summed E-state index contributed by atoms with van der Waals surface area (Å²) in [5, 5.41) is 14.5. The third-order valence-electron chi connectivity index (χ3n) is 3.47. The highest BCUT2D eigenvalue weighted by Gasteiger charge is 2.22. The first-order valence-corrected chi connectivity index (χ1v) is 8.70. The Bertz CT molecular complexity index is 637. The maximum Gasteiger partial charge on any atom is 0.326 e. The molecule has 0 aliphatic carbocycles. The zero-order valence-electron chi connectivity index (χ0n) is 15.8. The van der Waals surface area contributed by atoms with E-state index in [1.54, 1.807) is 12.1 Å². The summed E-state index contributed by atoms with van der Waals surface area (Å²) in [6.45, 7) is 8.31. The molecule has 3 N–H and O–H groups in total. The third kappa shape index (κ3) is 7.65. The van der Waals surface area contributed by atoms with Crippen LogP contribution < -0.4 is 10.6 Å². The van der Waals surface area contributed by atoms with E-state index in [9.17, 15) is 19.5 Å². The molecule has 144 valence electrons. The van der Waals surface area contributed by atoms with Crippen LogP contribution in [-0.4, -0.2) is 47.7 Å². The van der Waals surface area contributed by atoms with Crippen LogP contribution in [0.4, 0.5) is 0 Å². The largest absolute Gasteiger partial charge is 0.480 e. The molecule has 0 aromatic heterocycles. The van der Waals surface area contributed by atoms with E-state index in [4.69, 9.17) is 4.74 Å². The van der Waals surface area contributed by atoms with Gasteiger partial charge in [0.2, 0.25) is 0 Å². The summed E-state index contributed by atoms with van der Waals surface area (Å²) in [6, 6.07) is 5.12. The molecule has 0 aliphatic rings. The van der Waals surface area contributed by atoms with Gasteiger partial charge >= 0.3 is 5.97 Å². The van der Waals surface area contributed by atoms with Gasteiger partial charge in [-0.2, -0.15) is 0 Å². The Balaban J connectivity index is 2.74. The molecule has 2 amide bonds. The zero-order valence-corrected chi connectivity index (χ0v) is 15.8. The number of rotatable bonds is 9. The summed E-state index contributed by atoms with van der Waals surface area (Å²) in [4.78, 5) is 35.7. The van der Waals surface area contributed by atoms with Crippen molar-refractivity contribution in [2.45, 2.75) is 52.2 Å². The second-order valence-electron chi connectivity index (χ2n) is 6.95. The number of carboxylic acid groups (broad SMARTS) is 1. The average molecular weight is 364 g/mol. The zero-order chi connectivity index (χ0) is 19.7. The highest BCUT2D eigenvalue weighted by molar-refractivity contribution is 6.00. The lowest BCUT2D eigenvalue weighted by molar-refractivity contribution is -0.140. The van der Waals surface area contributed by atoms with Crippen LogP contribution in [0.1, 0.15) is 61.3 Å². The fourth-order valence-corrected chi connectivity index (χ4v) is 2.12. The van der Waals surface area contributed by atoms with Gasteiger partial charge in [-0.3, -0.25) is 9.59 Å². The number of nitrogens with one attached hydrogen (secondary N) is 2. The van der Waals surface area contributed by atoms with Crippen LogP contribution >= 0.6 is 0 Å². The monoisotopic (exact) mass is 364 g/mol. The van der Waals surface area contributed by atoms with Crippen molar-refractivity contribution in [3.05, 3.63) is 35.4 Å². The minimum absolute atomic E-state index is 0.148. The Labute approximate surface area is 154 Å². The Kier molecular flexibility index (Phi) is 8.25. The second kappa shape index (κ2) is 9.91. The first kappa shape index (κ1) is 21.6. The molecule has 0 fully saturated rings. The van der Waals surface area contributed by atoms with Gasteiger partial charge in [0, 0.05) is 30.7 Å². The van der Waals surface area contributed by atoms with Crippen LogP contribution in [0.3, 0.4) is 0 Å². The molecule has 7 heteroatoms. The number of hydrogen-bond acceptors (Lipinski definition) is 4. The second-order valence-corrected chi connectivity index (χ2v) is 6.95. The van der Waals surface area contributed by atoms with Crippen molar-refractivity contribution in [2.24, 2.45) is 0 Å². The van der Waals surface area contributed by atoms with Crippen LogP contribution in [0.5, 0.6) is 0 Å². The van der Waals surface area contributed by atoms with Gasteiger partial charge in [0.15, 0.2) is 0 Å². The highest BCUT2D eigenvalue weighted by atomic mass is 16.5. The molecule has 7 nitrogen and oxygen atoms in total. The van der Waals surface area contributed by atoms with E-state index in [0.29, 0.717) is 12.1 Å². The number of hydrogen-bond donors (Lipinski definition) is 3. The predicted octanol–water partition coefficient (Wildman–Crippen LogP) is 2.21. The normalized spacial score (nSPS) is 12.3. The van der Waals surface area contributed by atoms with Crippen LogP contribution in [0.2, 0.25) is 0 Å². The SMILES string of the molecule is CCCNC(=O)c1cccc(C(=O)NC(CCOC(C)(C)C)C(=O)O)c1. The molecule has 1 aromatic carbocycles. The third-order valence-corrected chi connectivity index (χ3v) is 3.47. The van der Waals surface area contributed by atoms with Gasteiger partial charge in [-0.25, -0.2) is 4.79 Å². The Hall–Kier alpha value is -2.41. The summed E-state index contributed by atoms with van der Waals surface area (Å²) >= 11 is 0. The van der Waals surface area contributed by atoms with Crippen molar-refractivity contribution in [3.63, 3.8) is 0 Å². The molecule has 1 aromatic rings. The van der Waals surface area contributed by atoms with E-state index in [1.807, 2.05) is 27.7 Å². The fraction of sp³-hybridized carbons (Fsp3) is 0.526. The Morgan fingerprint density at radius 1 is 1.15 bits per heavy atom. The van der Waals surface area contributed by atoms with Crippen molar-refractivity contribution in [2.75, 3.05) is 13.2 Å². The molecule has 1 rings (SSSR count). The van der Waals surface area contributed by atoms with Crippen molar-refractivity contribution in [1.82, 2.24) is 10.6 Å². The van der Waals surface area contributed by atoms with Crippen molar-refractivity contribution in [3.8, 4) is 0 Å². The molecule has 0 aliphatic heterocycles. The Morgan fingerprint density at radius 3 is 2.31 bits per heavy atom. The lowest BCUT2D eigenvalue weighted by Gasteiger charge is -2.21. The Morgan fingerprint density at radius 2 is 1.77 bits per heavy atom. The smallest absolute Gasteiger partial charge is 0.326 e. The van der Waals surface area contributed by atoms with Gasteiger partial charge < -0.3 is 20.5 Å². The number of ether oxygens (including phenoxy) is 1. The molecular formula is C19H28N2O5. The molecule has 1 atom stereocenters. The van der Waals surface area contributed by atoms with Crippen LogP contribution in [0.15, 0.2) is 24.3 Å². The summed E-state index contributed by atoms with van der Waals surface area (Å²) in [5.74, 6) is -1.94. The lowest BCUT2D eigenvalue weighted by atomic mass is 10.1. The van der Waals surface area contributed by atoms with Gasteiger partial charge in [-0.1, -0.05) is 13.0 Å². The summed E-state index contributed by atoms with van der Waals surface area (Å²) in [5.41, 5.74) is 0.207. The van der Waals surface area contributed by atoms with Gasteiger partial charge in [0.25, 0.3) is 11.8 Å². The van der Waals surface area contributed by atoms with E-state index >= 15 is 0 Å². The number of carboxylic acids is 1. The van der Waals surface area contributed by atoms with Crippen LogP contribution in [0.25, 0.3) is 0 Å². The average Bonchev–Trinajstić information content (AvgIpc) is 2.57. The maximum atomic E-state index is 12.4. The van der Waals surface area contributed by atoms with Gasteiger partial charge in [-0.15, -0.1) is 0 Å². The first-order valence-electron chi connectivity index (χ1n) is 8.70. The lowest BCUT2D eigenvalue weighted by Crippen LogP contribution is -2.42. The van der Waals surface area contributed by atoms with Crippen LogP contribution in [-0.2, 0) is 9.53 Å². The van der Waals surface area contributed by atoms with Gasteiger partial charge in [0.1, 0.15) is 6.04 Å². The van der Waals surface area contributed by atoms with E-state index < -0.39 is 17.9 Å². The number of benzene rings is 1. The molecule has 26 heavy (non-hydrogen) atoms. The molecule has 0 radical (unpaired) electrons. The molecular weight excluding hydrogens is 336 g/mol. The quantitative estimate of drug-likeness (QED) is 0.623. The molecule has 0 saturated carbocycles. The van der Waals surface area contributed by atoms with E-state index in [-0.39, 0.29) is 30.1 Å². The summed E-state index contributed by atoms with van der Waals surface area (Å²) in [7, 11) is 0. The standard InChI is InChI=1S/C19H28N2O5/c1-5-10-20-16(22)13-7-6-8-14(12-13)17(23)21-15(18(24)25)9-11-26-19(2,3)4/h6-8,12,15H,5,9-11H2,1-4H3,(H,20,22)(H,21,23)(H,24,25). The molecule has 1 unspecified atom stereocenters. The summed E-state index contributed by atoms with van der Waals surface area (Å²) in [6.07, 6.45) is 0.956. The van der Waals surface area contributed by atoms with Crippen molar-refractivity contribution in [1.29, 1.82) is 0 Å². The van der Waals surface area contributed by atoms with Gasteiger partial charge in [-0.05, 0) is 45.4 Å². The van der Waals surface area contributed by atoms with E-state index in [1.165, 1.54) is 12.1 Å². The number of carbonyl (C=O) groups excluding carboxylic acids is 2. The minimum atomic E-state index is -1.13. The molecule has 0 heterocycles. The molecule has 0 saturated heterocycles. The fourth-order valence-electron chi connectivity index (χ4n) is 2.12. The highest BCUT2D eigenvalue weighted by Crippen LogP contribution is 2.09. The first-order chi connectivity index (χ1) is 12.1. The number of aliphatic carboxylic acids is 1. The number of carbonyl (C=O) groups is 3. The molecule has 0 bridgehead atoms. The van der Waals surface area contributed by atoms with E-state index in [2.05, 4.69) is 10.6 Å². The number of amides is 2. The van der Waals surface area contributed by atoms with Crippen molar-refractivity contribution >= 4 is 17.8 Å². The minimum Gasteiger partial charge on any atom is -0.480 e. The topological polar surface area (TPSA) is 105 Å². The predicted molar refractivity (Wildman–Crippen MR) is 98.3 cm³/mol. The van der Waals surface area contributed by atoms with Gasteiger partial charge in [0.05, 0.1) is 5.60 Å². The maximum absolute atomic E-state index is 12.4.